The molecule has 1 aromatic heterocycles. The van der Waals surface area contributed by atoms with Crippen molar-refractivity contribution in [1.29, 1.82) is 0 Å². The van der Waals surface area contributed by atoms with Crippen molar-refractivity contribution in [1.82, 2.24) is 5.32 Å². The van der Waals surface area contributed by atoms with Crippen LogP contribution in [-0.4, -0.2) is 29.8 Å². The predicted molar refractivity (Wildman–Crippen MR) is 128 cm³/mol. The molecule has 0 spiro atoms. The summed E-state index contributed by atoms with van der Waals surface area (Å²) < 4.78 is 10.7. The number of aromatic hydroxyl groups is 2. The van der Waals surface area contributed by atoms with Gasteiger partial charge in [0, 0.05) is 18.9 Å². The Morgan fingerprint density at radius 2 is 1.71 bits per heavy atom. The molecule has 7 nitrogen and oxygen atoms in total. The smallest absolute Gasteiger partial charge is 0.343 e. The van der Waals surface area contributed by atoms with E-state index in [0.29, 0.717) is 29.7 Å². The first-order chi connectivity index (χ1) is 16.5. The van der Waals surface area contributed by atoms with Crippen molar-refractivity contribution >= 4 is 16.9 Å². The zero-order chi connectivity index (χ0) is 24.1. The van der Waals surface area contributed by atoms with E-state index in [9.17, 15) is 19.8 Å². The van der Waals surface area contributed by atoms with Crippen molar-refractivity contribution in [3.8, 4) is 17.2 Å². The third-order valence-electron chi connectivity index (χ3n) is 5.75. The standard InChI is InChI=1S/C27H25NO6/c1-33-20-12-8-18(9-13-20)22(16-24(30)28-15-14-17-6-10-19(29)11-7-17)25-26(31)21-4-2-3-5-23(21)34-27(25)32/h2-13,22,29,31H,14-16H2,1H3,(H,28,30)/t22-/m1/s1. The highest BCUT2D eigenvalue weighted by molar-refractivity contribution is 5.85. The van der Waals surface area contributed by atoms with Crippen LogP contribution in [0.15, 0.2) is 82.0 Å². The molecule has 0 aliphatic rings. The van der Waals surface area contributed by atoms with Crippen molar-refractivity contribution in [3.63, 3.8) is 0 Å². The summed E-state index contributed by atoms with van der Waals surface area (Å²) in [5.74, 6) is -0.365. The largest absolute Gasteiger partial charge is 0.508 e. The summed E-state index contributed by atoms with van der Waals surface area (Å²) in [6, 6.07) is 20.5. The quantitative estimate of drug-likeness (QED) is 0.343. The van der Waals surface area contributed by atoms with Gasteiger partial charge in [0.15, 0.2) is 0 Å². The summed E-state index contributed by atoms with van der Waals surface area (Å²) >= 11 is 0. The second-order valence-corrected chi connectivity index (χ2v) is 7.94. The monoisotopic (exact) mass is 459 g/mol. The molecular formula is C27H25NO6. The Hall–Kier alpha value is -4.26. The number of hydrogen-bond donors (Lipinski definition) is 3. The Morgan fingerprint density at radius 3 is 2.41 bits per heavy atom. The molecule has 1 atom stereocenters. The third kappa shape index (κ3) is 5.04. The number of ether oxygens (including phenoxy) is 1. The highest BCUT2D eigenvalue weighted by Gasteiger charge is 2.27. The lowest BCUT2D eigenvalue weighted by atomic mass is 9.88. The van der Waals surface area contributed by atoms with Gasteiger partial charge in [-0.1, -0.05) is 36.4 Å². The van der Waals surface area contributed by atoms with Gasteiger partial charge in [-0.05, 0) is 53.9 Å². The van der Waals surface area contributed by atoms with Crippen LogP contribution in [0.2, 0.25) is 0 Å². The molecule has 4 aromatic rings. The molecule has 0 saturated carbocycles. The minimum absolute atomic E-state index is 0.0394. The van der Waals surface area contributed by atoms with Crippen LogP contribution in [0, 0.1) is 0 Å². The van der Waals surface area contributed by atoms with Gasteiger partial charge in [0.2, 0.25) is 5.91 Å². The second kappa shape index (κ2) is 10.1. The number of carbonyl (C=O) groups excluding carboxylic acids is 1. The SMILES string of the molecule is COc1ccc([C@@H](CC(=O)NCCc2ccc(O)cc2)c2c(O)c3ccccc3oc2=O)cc1. The van der Waals surface area contributed by atoms with Gasteiger partial charge in [0.05, 0.1) is 18.1 Å². The van der Waals surface area contributed by atoms with E-state index in [2.05, 4.69) is 5.32 Å². The number of carbonyl (C=O) groups is 1. The van der Waals surface area contributed by atoms with E-state index in [1.54, 1.807) is 79.9 Å². The summed E-state index contributed by atoms with van der Waals surface area (Å²) in [5.41, 5.74) is 1.28. The zero-order valence-corrected chi connectivity index (χ0v) is 18.7. The van der Waals surface area contributed by atoms with Gasteiger partial charge in [-0.25, -0.2) is 4.79 Å². The highest BCUT2D eigenvalue weighted by atomic mass is 16.5. The van der Waals surface area contributed by atoms with Gasteiger partial charge in [-0.2, -0.15) is 0 Å². The Kier molecular flexibility index (Phi) is 6.82. The van der Waals surface area contributed by atoms with Crippen molar-refractivity contribution < 1.29 is 24.2 Å². The fourth-order valence-corrected chi connectivity index (χ4v) is 3.94. The molecular weight excluding hydrogens is 434 g/mol. The number of rotatable bonds is 8. The number of hydrogen-bond acceptors (Lipinski definition) is 6. The molecule has 0 aliphatic heterocycles. The van der Waals surface area contributed by atoms with Crippen LogP contribution >= 0.6 is 0 Å². The maximum Gasteiger partial charge on any atom is 0.343 e. The van der Waals surface area contributed by atoms with Gasteiger partial charge >= 0.3 is 5.63 Å². The van der Waals surface area contributed by atoms with Crippen molar-refractivity contribution in [2.24, 2.45) is 0 Å². The van der Waals surface area contributed by atoms with Crippen molar-refractivity contribution in [2.45, 2.75) is 18.8 Å². The third-order valence-corrected chi connectivity index (χ3v) is 5.75. The molecule has 0 bridgehead atoms. The number of phenols is 1. The predicted octanol–water partition coefficient (Wildman–Crippen LogP) is 4.09. The maximum absolute atomic E-state index is 12.9. The summed E-state index contributed by atoms with van der Waals surface area (Å²) in [7, 11) is 1.55. The van der Waals surface area contributed by atoms with Gasteiger partial charge in [-0.3, -0.25) is 4.79 Å². The molecule has 0 radical (unpaired) electrons. The molecule has 1 heterocycles. The molecule has 0 unspecified atom stereocenters. The molecule has 34 heavy (non-hydrogen) atoms. The lowest BCUT2D eigenvalue weighted by molar-refractivity contribution is -0.121. The van der Waals surface area contributed by atoms with Crippen LogP contribution in [0.25, 0.3) is 11.0 Å². The van der Waals surface area contributed by atoms with Crippen LogP contribution in [0.1, 0.15) is 29.0 Å². The number of phenolic OH excluding ortho intramolecular Hbond substituents is 1. The molecule has 3 aromatic carbocycles. The van der Waals surface area contributed by atoms with Gasteiger partial charge in [-0.15, -0.1) is 0 Å². The molecule has 4 rings (SSSR count). The minimum Gasteiger partial charge on any atom is -0.508 e. The number of nitrogens with one attached hydrogen (secondary N) is 1. The fourth-order valence-electron chi connectivity index (χ4n) is 3.94. The van der Waals surface area contributed by atoms with E-state index in [1.165, 1.54) is 0 Å². The summed E-state index contributed by atoms with van der Waals surface area (Å²) in [6.07, 6.45) is 0.529. The van der Waals surface area contributed by atoms with Gasteiger partial charge in [0.25, 0.3) is 0 Å². The van der Waals surface area contributed by atoms with Gasteiger partial charge < -0.3 is 24.7 Å². The zero-order valence-electron chi connectivity index (χ0n) is 18.7. The van der Waals surface area contributed by atoms with E-state index in [-0.39, 0.29) is 35.0 Å². The Morgan fingerprint density at radius 1 is 1.00 bits per heavy atom. The highest BCUT2D eigenvalue weighted by Crippen LogP contribution is 2.36. The van der Waals surface area contributed by atoms with Crippen molar-refractivity contribution in [3.05, 3.63) is 99.9 Å². The van der Waals surface area contributed by atoms with E-state index in [4.69, 9.17) is 9.15 Å². The number of methoxy groups -OCH3 is 1. The molecule has 7 heteroatoms. The van der Waals surface area contributed by atoms with Crippen molar-refractivity contribution in [2.75, 3.05) is 13.7 Å². The van der Waals surface area contributed by atoms with Crippen LogP contribution in [-0.2, 0) is 11.2 Å². The molecule has 0 saturated heterocycles. The molecule has 1 amide bonds. The number of benzene rings is 3. The first-order valence-corrected chi connectivity index (χ1v) is 10.9. The van der Waals surface area contributed by atoms with E-state index in [1.807, 2.05) is 0 Å². The van der Waals surface area contributed by atoms with E-state index < -0.39 is 11.5 Å². The lowest BCUT2D eigenvalue weighted by Crippen LogP contribution is -2.28. The van der Waals surface area contributed by atoms with Crippen LogP contribution in [0.4, 0.5) is 0 Å². The maximum atomic E-state index is 12.9. The first kappa shape index (κ1) is 22.9. The lowest BCUT2D eigenvalue weighted by Gasteiger charge is -2.19. The van der Waals surface area contributed by atoms with Crippen LogP contribution in [0.5, 0.6) is 17.2 Å². The normalized spacial score (nSPS) is 11.8. The number of para-hydroxylation sites is 1. The number of amides is 1. The minimum atomic E-state index is -0.722. The average Bonchev–Trinajstić information content (AvgIpc) is 2.85. The summed E-state index contributed by atoms with van der Waals surface area (Å²) in [5, 5.41) is 23.7. The topological polar surface area (TPSA) is 109 Å². The molecule has 3 N–H and O–H groups in total. The van der Waals surface area contributed by atoms with Crippen LogP contribution < -0.4 is 15.7 Å². The molecule has 0 aliphatic carbocycles. The van der Waals surface area contributed by atoms with Crippen LogP contribution in [0.3, 0.4) is 0 Å². The molecule has 174 valence electrons. The number of fused-ring (bicyclic) bond motifs is 1. The van der Waals surface area contributed by atoms with Gasteiger partial charge in [0.1, 0.15) is 22.8 Å². The van der Waals surface area contributed by atoms with E-state index >= 15 is 0 Å². The summed E-state index contributed by atoms with van der Waals surface area (Å²) in [6.45, 7) is 0.386. The second-order valence-electron chi connectivity index (χ2n) is 7.94. The Balaban J connectivity index is 1.61. The van der Waals surface area contributed by atoms with E-state index in [0.717, 1.165) is 5.56 Å². The fraction of sp³-hybridized carbons (Fsp3) is 0.185. The summed E-state index contributed by atoms with van der Waals surface area (Å²) in [4.78, 5) is 25.8. The Labute approximate surface area is 196 Å². The molecule has 0 fully saturated rings. The average molecular weight is 459 g/mol. The Bertz CT molecular complexity index is 1340. The first-order valence-electron chi connectivity index (χ1n) is 10.9.